The van der Waals surface area contributed by atoms with E-state index in [0.29, 0.717) is 17.0 Å². The average Bonchev–Trinajstić information content (AvgIpc) is 2.62. The van der Waals surface area contributed by atoms with Crippen molar-refractivity contribution < 1.29 is 0 Å². The topological polar surface area (TPSA) is 32.5 Å². The molecule has 0 aromatic carbocycles. The maximum Gasteiger partial charge on any atom is 0.0125 e. The fourth-order valence-corrected chi connectivity index (χ4v) is 4.77. The van der Waals surface area contributed by atoms with Crippen molar-refractivity contribution in [2.75, 3.05) is 26.2 Å². The summed E-state index contributed by atoms with van der Waals surface area (Å²) < 4.78 is 0. The Bertz CT molecular complexity index is 346. The van der Waals surface area contributed by atoms with Crippen LogP contribution in [0.4, 0.5) is 0 Å². The van der Waals surface area contributed by atoms with E-state index >= 15 is 0 Å². The summed E-state index contributed by atoms with van der Waals surface area (Å²) in [4.78, 5) is 5.33. The van der Waals surface area contributed by atoms with Gasteiger partial charge in [0.15, 0.2) is 0 Å². The summed E-state index contributed by atoms with van der Waals surface area (Å²) in [6, 6.07) is 1.22. The Labute approximate surface area is 124 Å². The number of likely N-dealkylation sites (tertiary alicyclic amines) is 2. The lowest BCUT2D eigenvalue weighted by Crippen LogP contribution is -2.52. The van der Waals surface area contributed by atoms with E-state index in [1.807, 2.05) is 0 Å². The molecule has 1 aliphatic carbocycles. The van der Waals surface area contributed by atoms with Crippen molar-refractivity contribution in [1.29, 1.82) is 0 Å². The van der Waals surface area contributed by atoms with Crippen LogP contribution in [0.1, 0.15) is 53.4 Å². The standard InChI is InChI=1S/C17H33N3/c1-13-11-19(12-13)14-9-15(18)17(10-14)5-7-20(8-6-17)16(2,3)4/h13-15H,5-12,18H2,1-4H3. The first-order valence-electron chi connectivity index (χ1n) is 8.55. The molecule has 3 rings (SSSR count). The molecule has 0 bridgehead atoms. The van der Waals surface area contributed by atoms with Crippen LogP contribution >= 0.6 is 0 Å². The lowest BCUT2D eigenvalue weighted by atomic mass is 9.73. The number of nitrogens with zero attached hydrogens (tertiary/aromatic N) is 2. The van der Waals surface area contributed by atoms with Crippen molar-refractivity contribution in [2.45, 2.75) is 71.0 Å². The summed E-state index contributed by atoms with van der Waals surface area (Å²) >= 11 is 0. The zero-order chi connectivity index (χ0) is 14.5. The molecule has 2 heterocycles. The zero-order valence-electron chi connectivity index (χ0n) is 13.9. The fraction of sp³-hybridized carbons (Fsp3) is 1.00. The highest BCUT2D eigenvalue weighted by atomic mass is 15.2. The molecule has 3 nitrogen and oxygen atoms in total. The summed E-state index contributed by atoms with van der Waals surface area (Å²) in [5, 5.41) is 0. The van der Waals surface area contributed by atoms with E-state index in [4.69, 9.17) is 5.73 Å². The summed E-state index contributed by atoms with van der Waals surface area (Å²) in [7, 11) is 0. The Kier molecular flexibility index (Phi) is 3.67. The van der Waals surface area contributed by atoms with Gasteiger partial charge >= 0.3 is 0 Å². The molecule has 2 aliphatic heterocycles. The van der Waals surface area contributed by atoms with Crippen LogP contribution in [-0.4, -0.2) is 53.6 Å². The largest absolute Gasteiger partial charge is 0.327 e. The highest BCUT2D eigenvalue weighted by Gasteiger charge is 2.50. The highest BCUT2D eigenvalue weighted by Crippen LogP contribution is 2.48. The van der Waals surface area contributed by atoms with Gasteiger partial charge in [-0.15, -0.1) is 0 Å². The predicted molar refractivity (Wildman–Crippen MR) is 84.7 cm³/mol. The molecular weight excluding hydrogens is 246 g/mol. The molecule has 0 radical (unpaired) electrons. The normalized spacial score (nSPS) is 36.5. The van der Waals surface area contributed by atoms with Gasteiger partial charge in [0.25, 0.3) is 0 Å². The summed E-state index contributed by atoms with van der Waals surface area (Å²) in [6.45, 7) is 14.5. The average molecular weight is 279 g/mol. The molecule has 0 aromatic rings. The Hall–Kier alpha value is -0.120. The molecule has 3 heteroatoms. The molecule has 1 saturated carbocycles. The third kappa shape index (κ3) is 2.53. The van der Waals surface area contributed by atoms with E-state index in [0.717, 1.165) is 12.0 Å². The second-order valence-electron chi connectivity index (χ2n) is 8.78. The first-order chi connectivity index (χ1) is 9.30. The van der Waals surface area contributed by atoms with Gasteiger partial charge in [-0.2, -0.15) is 0 Å². The van der Waals surface area contributed by atoms with Crippen molar-refractivity contribution in [1.82, 2.24) is 9.80 Å². The third-order valence-corrected chi connectivity index (χ3v) is 6.27. The van der Waals surface area contributed by atoms with E-state index in [-0.39, 0.29) is 0 Å². The maximum absolute atomic E-state index is 6.60. The van der Waals surface area contributed by atoms with Gasteiger partial charge in [0, 0.05) is 30.7 Å². The Morgan fingerprint density at radius 3 is 2.20 bits per heavy atom. The first-order valence-corrected chi connectivity index (χ1v) is 8.55. The molecule has 20 heavy (non-hydrogen) atoms. The molecular formula is C17H33N3. The van der Waals surface area contributed by atoms with Crippen LogP contribution < -0.4 is 5.73 Å². The van der Waals surface area contributed by atoms with Gasteiger partial charge in [-0.25, -0.2) is 0 Å². The van der Waals surface area contributed by atoms with E-state index in [2.05, 4.69) is 37.5 Å². The second-order valence-corrected chi connectivity index (χ2v) is 8.78. The van der Waals surface area contributed by atoms with Crippen LogP contribution in [0.15, 0.2) is 0 Å². The molecule has 2 saturated heterocycles. The zero-order valence-corrected chi connectivity index (χ0v) is 13.9. The van der Waals surface area contributed by atoms with Gasteiger partial charge in [0.2, 0.25) is 0 Å². The number of hydrogen-bond acceptors (Lipinski definition) is 3. The number of nitrogens with two attached hydrogens (primary N) is 1. The minimum absolute atomic E-state index is 0.316. The minimum Gasteiger partial charge on any atom is -0.327 e. The van der Waals surface area contributed by atoms with Crippen LogP contribution in [0.25, 0.3) is 0 Å². The Balaban J connectivity index is 1.60. The van der Waals surface area contributed by atoms with Gasteiger partial charge in [0.05, 0.1) is 0 Å². The van der Waals surface area contributed by atoms with E-state index in [1.165, 1.54) is 51.9 Å². The van der Waals surface area contributed by atoms with Gasteiger partial charge in [-0.3, -0.25) is 9.80 Å². The van der Waals surface area contributed by atoms with Gasteiger partial charge in [-0.1, -0.05) is 6.92 Å². The molecule has 2 atom stereocenters. The maximum atomic E-state index is 6.60. The Morgan fingerprint density at radius 2 is 1.70 bits per heavy atom. The molecule has 3 aliphatic rings. The van der Waals surface area contributed by atoms with Crippen molar-refractivity contribution in [3.8, 4) is 0 Å². The van der Waals surface area contributed by atoms with Gasteiger partial charge in [-0.05, 0) is 70.9 Å². The Morgan fingerprint density at radius 1 is 1.10 bits per heavy atom. The first kappa shape index (κ1) is 14.8. The smallest absolute Gasteiger partial charge is 0.0125 e. The fourth-order valence-electron chi connectivity index (χ4n) is 4.77. The monoisotopic (exact) mass is 279 g/mol. The molecule has 1 spiro atoms. The molecule has 2 unspecified atom stereocenters. The number of rotatable bonds is 1. The van der Waals surface area contributed by atoms with E-state index in [9.17, 15) is 0 Å². The van der Waals surface area contributed by atoms with Crippen LogP contribution in [0.2, 0.25) is 0 Å². The third-order valence-electron chi connectivity index (χ3n) is 6.27. The lowest BCUT2D eigenvalue weighted by molar-refractivity contribution is 0.0235. The molecule has 0 aromatic heterocycles. The summed E-state index contributed by atoms with van der Waals surface area (Å²) in [5.41, 5.74) is 7.36. The van der Waals surface area contributed by atoms with Crippen LogP contribution in [0.3, 0.4) is 0 Å². The predicted octanol–water partition coefficient (Wildman–Crippen LogP) is 2.31. The molecule has 0 amide bonds. The molecule has 3 fully saturated rings. The van der Waals surface area contributed by atoms with Crippen molar-refractivity contribution in [3.05, 3.63) is 0 Å². The lowest BCUT2D eigenvalue weighted by Gasteiger charge is -2.47. The van der Waals surface area contributed by atoms with Crippen LogP contribution in [-0.2, 0) is 0 Å². The quantitative estimate of drug-likeness (QED) is 0.799. The SMILES string of the molecule is CC1CN(C2CC(N)C3(CCN(C(C)(C)C)CC3)C2)C1. The molecule has 2 N–H and O–H groups in total. The van der Waals surface area contributed by atoms with E-state index < -0.39 is 0 Å². The summed E-state index contributed by atoms with van der Waals surface area (Å²) in [5.74, 6) is 0.908. The second kappa shape index (κ2) is 4.96. The number of piperidine rings is 1. The van der Waals surface area contributed by atoms with Crippen molar-refractivity contribution in [2.24, 2.45) is 17.1 Å². The number of hydrogen-bond donors (Lipinski definition) is 1. The minimum atomic E-state index is 0.316. The highest BCUT2D eigenvalue weighted by molar-refractivity contribution is 5.05. The van der Waals surface area contributed by atoms with Crippen LogP contribution in [0, 0.1) is 11.3 Å². The van der Waals surface area contributed by atoms with E-state index in [1.54, 1.807) is 0 Å². The summed E-state index contributed by atoms with van der Waals surface area (Å²) in [6.07, 6.45) is 5.22. The van der Waals surface area contributed by atoms with Crippen molar-refractivity contribution >= 4 is 0 Å². The van der Waals surface area contributed by atoms with Gasteiger partial charge in [0.1, 0.15) is 0 Å². The molecule has 116 valence electrons. The van der Waals surface area contributed by atoms with Crippen molar-refractivity contribution in [3.63, 3.8) is 0 Å². The van der Waals surface area contributed by atoms with Crippen LogP contribution in [0.5, 0.6) is 0 Å². The van der Waals surface area contributed by atoms with Gasteiger partial charge < -0.3 is 5.73 Å².